The lowest BCUT2D eigenvalue weighted by Gasteiger charge is -2.20. The molecule has 2 N–H and O–H groups in total. The number of rotatable bonds is 11. The summed E-state index contributed by atoms with van der Waals surface area (Å²) in [4.78, 5) is 0. The Morgan fingerprint density at radius 3 is 2.62 bits per heavy atom. The van der Waals surface area contributed by atoms with Crippen LogP contribution in [0.4, 0.5) is 0 Å². The van der Waals surface area contributed by atoms with Crippen molar-refractivity contribution in [3.8, 4) is 5.75 Å². The highest BCUT2D eigenvalue weighted by Crippen LogP contribution is 2.23. The van der Waals surface area contributed by atoms with Crippen LogP contribution in [0.3, 0.4) is 0 Å². The normalized spacial score (nSPS) is 13.9. The van der Waals surface area contributed by atoms with Gasteiger partial charge in [-0.1, -0.05) is 56.8 Å². The third kappa shape index (κ3) is 7.70. The Bertz CT molecular complexity index is 387. The highest BCUT2D eigenvalue weighted by Gasteiger charge is 2.11. The van der Waals surface area contributed by atoms with Crippen molar-refractivity contribution >= 4 is 11.6 Å². The summed E-state index contributed by atoms with van der Waals surface area (Å²) in [5.74, 6) is 0.620. The molecular weight excluding hydrogens is 286 g/mol. The van der Waals surface area contributed by atoms with Gasteiger partial charge in [0.1, 0.15) is 18.5 Å². The molecular formula is C17H28ClNO2. The van der Waals surface area contributed by atoms with E-state index >= 15 is 0 Å². The van der Waals surface area contributed by atoms with Gasteiger partial charge in [-0.15, -0.1) is 0 Å². The van der Waals surface area contributed by atoms with E-state index < -0.39 is 6.10 Å². The number of benzene rings is 1. The zero-order chi connectivity index (χ0) is 15.5. The summed E-state index contributed by atoms with van der Waals surface area (Å²) in [6.45, 7) is 5.20. The molecule has 0 heterocycles. The first-order valence-electron chi connectivity index (χ1n) is 7.96. The smallest absolute Gasteiger partial charge is 0.138 e. The van der Waals surface area contributed by atoms with Crippen molar-refractivity contribution in [1.29, 1.82) is 0 Å². The van der Waals surface area contributed by atoms with Gasteiger partial charge >= 0.3 is 0 Å². The van der Waals surface area contributed by atoms with E-state index in [1.807, 2.05) is 18.2 Å². The maximum atomic E-state index is 10.0. The second-order valence-electron chi connectivity index (χ2n) is 5.43. The number of aliphatic hydroxyl groups is 1. The second-order valence-corrected chi connectivity index (χ2v) is 5.84. The van der Waals surface area contributed by atoms with Crippen LogP contribution in [0.25, 0.3) is 0 Å². The molecule has 1 aromatic carbocycles. The molecule has 2 atom stereocenters. The van der Waals surface area contributed by atoms with Gasteiger partial charge in [-0.2, -0.15) is 0 Å². The minimum absolute atomic E-state index is 0.253. The lowest BCUT2D eigenvalue weighted by Crippen LogP contribution is -2.38. The van der Waals surface area contributed by atoms with Crippen molar-refractivity contribution in [2.75, 3.05) is 13.2 Å². The number of aliphatic hydroxyl groups excluding tert-OH is 1. The van der Waals surface area contributed by atoms with Crippen LogP contribution in [-0.2, 0) is 0 Å². The number of nitrogens with one attached hydrogen (secondary N) is 1. The van der Waals surface area contributed by atoms with E-state index in [9.17, 15) is 5.11 Å². The van der Waals surface area contributed by atoms with Crippen LogP contribution in [0.2, 0.25) is 5.02 Å². The Morgan fingerprint density at radius 1 is 1.19 bits per heavy atom. The van der Waals surface area contributed by atoms with Crippen LogP contribution in [-0.4, -0.2) is 30.4 Å². The van der Waals surface area contributed by atoms with Crippen LogP contribution >= 0.6 is 11.6 Å². The number of hydrogen-bond acceptors (Lipinski definition) is 3. The molecule has 120 valence electrons. The van der Waals surface area contributed by atoms with Gasteiger partial charge in [-0.25, -0.2) is 0 Å². The van der Waals surface area contributed by atoms with Gasteiger partial charge in [0, 0.05) is 12.6 Å². The molecule has 0 aliphatic heterocycles. The molecule has 0 saturated carbocycles. The quantitative estimate of drug-likeness (QED) is 0.648. The van der Waals surface area contributed by atoms with Crippen LogP contribution in [0.5, 0.6) is 5.75 Å². The molecule has 0 saturated heterocycles. The van der Waals surface area contributed by atoms with Crippen molar-refractivity contribution in [1.82, 2.24) is 5.32 Å². The lowest BCUT2D eigenvalue weighted by atomic mass is 10.1. The van der Waals surface area contributed by atoms with Gasteiger partial charge in [0.25, 0.3) is 0 Å². The maximum absolute atomic E-state index is 10.0. The van der Waals surface area contributed by atoms with Crippen LogP contribution in [0, 0.1) is 0 Å². The first-order valence-corrected chi connectivity index (χ1v) is 8.33. The number of halogens is 1. The third-order valence-corrected chi connectivity index (χ3v) is 3.77. The summed E-state index contributed by atoms with van der Waals surface area (Å²) in [6.07, 6.45) is 5.39. The average molecular weight is 314 g/mol. The predicted molar refractivity (Wildman–Crippen MR) is 89.2 cm³/mol. The fourth-order valence-electron chi connectivity index (χ4n) is 2.26. The Hall–Kier alpha value is -0.770. The monoisotopic (exact) mass is 313 g/mol. The molecule has 0 aliphatic carbocycles. The SMILES string of the molecule is CCCCC(CCC)NCC(O)COc1ccccc1Cl. The molecule has 0 radical (unpaired) electrons. The van der Waals surface area contributed by atoms with E-state index in [2.05, 4.69) is 19.2 Å². The average Bonchev–Trinajstić information content (AvgIpc) is 2.49. The minimum atomic E-state index is -0.526. The summed E-state index contributed by atoms with van der Waals surface area (Å²) in [5.41, 5.74) is 0. The predicted octanol–water partition coefficient (Wildman–Crippen LogP) is 4.03. The highest BCUT2D eigenvalue weighted by atomic mass is 35.5. The van der Waals surface area contributed by atoms with Gasteiger partial charge < -0.3 is 15.2 Å². The van der Waals surface area contributed by atoms with Gasteiger partial charge in [0.05, 0.1) is 5.02 Å². The van der Waals surface area contributed by atoms with Gasteiger partial charge in [-0.3, -0.25) is 0 Å². The van der Waals surface area contributed by atoms with Crippen molar-refractivity contribution in [3.63, 3.8) is 0 Å². The summed E-state index contributed by atoms with van der Waals surface area (Å²) in [6, 6.07) is 7.81. The lowest BCUT2D eigenvalue weighted by molar-refractivity contribution is 0.103. The van der Waals surface area contributed by atoms with Crippen LogP contribution in [0.1, 0.15) is 46.0 Å². The fourth-order valence-corrected chi connectivity index (χ4v) is 2.45. The fraction of sp³-hybridized carbons (Fsp3) is 0.647. The topological polar surface area (TPSA) is 41.5 Å². The number of ether oxygens (including phenoxy) is 1. The summed E-state index contributed by atoms with van der Waals surface area (Å²) in [7, 11) is 0. The standard InChI is InChI=1S/C17H28ClNO2/c1-3-5-9-14(8-4-2)19-12-15(20)13-21-17-11-7-6-10-16(17)18/h6-7,10-11,14-15,19-20H,3-5,8-9,12-13H2,1-2H3. The minimum Gasteiger partial charge on any atom is -0.489 e. The molecule has 21 heavy (non-hydrogen) atoms. The Kier molecular flexibility index (Phi) is 9.48. The van der Waals surface area contributed by atoms with E-state index in [0.717, 1.165) is 12.8 Å². The molecule has 0 fully saturated rings. The third-order valence-electron chi connectivity index (χ3n) is 3.45. The van der Waals surface area contributed by atoms with Crippen molar-refractivity contribution in [2.45, 2.75) is 58.1 Å². The molecule has 0 bridgehead atoms. The van der Waals surface area contributed by atoms with Crippen molar-refractivity contribution in [2.24, 2.45) is 0 Å². The zero-order valence-electron chi connectivity index (χ0n) is 13.1. The molecule has 4 heteroatoms. The zero-order valence-corrected chi connectivity index (χ0v) is 13.9. The van der Waals surface area contributed by atoms with E-state index in [1.54, 1.807) is 6.07 Å². The van der Waals surface area contributed by atoms with E-state index in [1.165, 1.54) is 19.3 Å². The van der Waals surface area contributed by atoms with Crippen molar-refractivity contribution < 1.29 is 9.84 Å². The van der Waals surface area contributed by atoms with E-state index in [0.29, 0.717) is 23.4 Å². The van der Waals surface area contributed by atoms with Gasteiger partial charge in [-0.05, 0) is 25.0 Å². The van der Waals surface area contributed by atoms with E-state index in [-0.39, 0.29) is 6.61 Å². The molecule has 0 spiro atoms. The highest BCUT2D eigenvalue weighted by molar-refractivity contribution is 6.32. The molecule has 1 rings (SSSR count). The molecule has 0 amide bonds. The Labute approximate surface area is 133 Å². The van der Waals surface area contributed by atoms with Gasteiger partial charge in [0.2, 0.25) is 0 Å². The Morgan fingerprint density at radius 2 is 1.95 bits per heavy atom. The van der Waals surface area contributed by atoms with Crippen LogP contribution < -0.4 is 10.1 Å². The molecule has 2 unspecified atom stereocenters. The first-order chi connectivity index (χ1) is 10.2. The summed E-state index contributed by atoms with van der Waals surface area (Å²) in [5, 5.41) is 14.0. The molecule has 3 nitrogen and oxygen atoms in total. The summed E-state index contributed by atoms with van der Waals surface area (Å²) < 4.78 is 5.55. The molecule has 1 aromatic rings. The number of para-hydroxylation sites is 1. The van der Waals surface area contributed by atoms with E-state index in [4.69, 9.17) is 16.3 Å². The van der Waals surface area contributed by atoms with Crippen LogP contribution in [0.15, 0.2) is 24.3 Å². The largest absolute Gasteiger partial charge is 0.489 e. The van der Waals surface area contributed by atoms with Gasteiger partial charge in [0.15, 0.2) is 0 Å². The summed E-state index contributed by atoms with van der Waals surface area (Å²) >= 11 is 6.01. The van der Waals surface area contributed by atoms with Crippen molar-refractivity contribution in [3.05, 3.63) is 29.3 Å². The molecule has 0 aliphatic rings. The number of unbranched alkanes of at least 4 members (excludes halogenated alkanes) is 1. The number of hydrogen-bond donors (Lipinski definition) is 2. The maximum Gasteiger partial charge on any atom is 0.138 e. The second kappa shape index (κ2) is 10.9. The Balaban J connectivity index is 2.28. The molecule has 0 aromatic heterocycles. The first kappa shape index (κ1) is 18.3.